The van der Waals surface area contributed by atoms with Crippen molar-refractivity contribution in [3.8, 4) is 62.2 Å². The number of nitrogens with zero attached hydrogens (tertiary/aromatic N) is 11. The Kier molecular flexibility index (Phi) is 12.7. The van der Waals surface area contributed by atoms with Crippen molar-refractivity contribution in [2.24, 2.45) is 0 Å². The van der Waals surface area contributed by atoms with Gasteiger partial charge in [-0.25, -0.2) is 19.9 Å². The van der Waals surface area contributed by atoms with Crippen molar-refractivity contribution in [1.82, 2.24) is 58.6 Å². The van der Waals surface area contributed by atoms with Crippen LogP contribution in [0.2, 0.25) is 0 Å². The summed E-state index contributed by atoms with van der Waals surface area (Å²) < 4.78 is 7.41. The molecule has 12 aromatic heterocycles. The normalized spacial score (nSPS) is 11.3. The molecule has 0 aliphatic carbocycles. The Hall–Kier alpha value is -10.8. The van der Waals surface area contributed by atoms with Crippen molar-refractivity contribution in [1.29, 1.82) is 0 Å². The fourth-order valence-electron chi connectivity index (χ4n) is 10.5. The first-order valence-corrected chi connectivity index (χ1v) is 27.1. The van der Waals surface area contributed by atoms with Crippen molar-refractivity contribution in [3.63, 3.8) is 0 Å². The second kappa shape index (κ2) is 21.2. The van der Waals surface area contributed by atoms with Crippen LogP contribution in [0.3, 0.4) is 0 Å². The van der Waals surface area contributed by atoms with Gasteiger partial charge in [0.1, 0.15) is 21.7 Å². The van der Waals surface area contributed by atoms with E-state index >= 15 is 0 Å². The first-order chi connectivity index (χ1) is 40.1. The average molecular weight is 1110 g/mol. The molecule has 13 heteroatoms. The Morgan fingerprint density at radius 3 is 1.48 bits per heavy atom. The highest BCUT2D eigenvalue weighted by atomic mass is 79.9. The van der Waals surface area contributed by atoms with E-state index in [0.717, 1.165) is 116 Å². The molecule has 0 bridgehead atoms. The third-order valence-corrected chi connectivity index (χ3v) is 14.8. The molecule has 0 atom stereocenters. The van der Waals surface area contributed by atoms with Crippen LogP contribution in [-0.2, 0) is 0 Å². The van der Waals surface area contributed by atoms with Crippen LogP contribution >= 0.6 is 15.9 Å². The predicted octanol–water partition coefficient (Wildman–Crippen LogP) is 16.3. The summed E-state index contributed by atoms with van der Waals surface area (Å²) in [4.78, 5) is 39.9. The summed E-state index contributed by atoms with van der Waals surface area (Å²) in [6.45, 7) is 0. The van der Waals surface area contributed by atoms with Crippen LogP contribution in [0.4, 0.5) is 0 Å². The molecule has 81 heavy (non-hydrogen) atoms. The van der Waals surface area contributed by atoms with E-state index in [1.54, 1.807) is 12.4 Å². The van der Waals surface area contributed by atoms with Crippen molar-refractivity contribution in [2.45, 2.75) is 0 Å². The van der Waals surface area contributed by atoms with Crippen LogP contribution in [0, 0.1) is 0 Å². The van der Waals surface area contributed by atoms with Gasteiger partial charge in [0.2, 0.25) is 0 Å². The fraction of sp³-hybridized carbons (Fsp3) is 0. The molecule has 0 radical (unpaired) electrons. The molecule has 0 aliphatic rings. The van der Waals surface area contributed by atoms with E-state index in [1.807, 2.05) is 146 Å². The zero-order valence-corrected chi connectivity index (χ0v) is 44.8. The largest absolute Gasteiger partial charge is 0.339 e. The SMILES string of the molecule is Brc1ccc(-c2ccccc2)cn1.c1ccc(-c2ccc(-n3c4ccc5ccn(-c6ccc(-c7ccccn7)nc6)c5c4c4cccnc43)nc2)cc1.c1ccc(-c2ccc(-n3ccc4ccc5[nH]c6ncccc6c5c43)cn2)nc1. The van der Waals surface area contributed by atoms with E-state index in [0.29, 0.717) is 0 Å². The molecule has 12 nitrogen and oxygen atoms in total. The lowest BCUT2D eigenvalue weighted by Gasteiger charge is -2.09. The third-order valence-electron chi connectivity index (χ3n) is 14.3. The van der Waals surface area contributed by atoms with Crippen molar-refractivity contribution >= 4 is 81.6 Å². The molecule has 16 aromatic rings. The minimum atomic E-state index is 0.831. The van der Waals surface area contributed by atoms with Gasteiger partial charge in [-0.05, 0) is 142 Å². The molecule has 4 aromatic carbocycles. The predicted molar refractivity (Wildman–Crippen MR) is 328 cm³/mol. The number of nitrogens with one attached hydrogen (secondary N) is 1. The molecular formula is C68H45BrN12. The number of pyridine rings is 8. The lowest BCUT2D eigenvalue weighted by atomic mass is 10.1. The lowest BCUT2D eigenvalue weighted by molar-refractivity contribution is 1.06. The van der Waals surface area contributed by atoms with E-state index in [1.165, 1.54) is 16.3 Å². The van der Waals surface area contributed by atoms with E-state index in [4.69, 9.17) is 15.0 Å². The molecule has 1 N–H and O–H groups in total. The number of hydrogen-bond acceptors (Lipinski definition) is 8. The minimum absolute atomic E-state index is 0.831. The molecule has 12 heterocycles. The first kappa shape index (κ1) is 48.6. The number of aromatic amines is 1. The number of rotatable bonds is 7. The molecule has 0 spiro atoms. The topological polar surface area (TPSA) is 134 Å². The lowest BCUT2D eigenvalue weighted by Crippen LogP contribution is -1.98. The zero-order chi connectivity index (χ0) is 54.1. The molecule has 16 rings (SSSR count). The highest BCUT2D eigenvalue weighted by molar-refractivity contribution is 9.10. The van der Waals surface area contributed by atoms with Gasteiger partial charge in [-0.2, -0.15) is 0 Å². The highest BCUT2D eigenvalue weighted by Gasteiger charge is 2.20. The van der Waals surface area contributed by atoms with Gasteiger partial charge in [0, 0.05) is 98.5 Å². The standard InChI is InChI=1S/C34H22N6.C23H15N5.C11H8BrN/c1-2-7-23(8-3-1)25-12-16-31(38-21-25)40-30-15-11-24-17-20-39(33(24)32(30)27-9-6-19-36-34(27)40)26-13-14-29(37-22-26)28-10-4-5-18-35-28;1-2-11-24-18(5-1)19-9-7-16(14-26-19)28-13-10-15-6-8-20-21(22(15)28)17-4-3-12-25-23(17)27-20;12-11-7-6-10(8-13-11)9-4-2-1-3-5-9/h1-22H;1-14H,(H,25,27);1-8H. The Bertz CT molecular complexity index is 4830. The average Bonchev–Trinajstić information content (AvgIpc) is 3.50. The number of halogens is 1. The molecule has 384 valence electrons. The summed E-state index contributed by atoms with van der Waals surface area (Å²) in [6.07, 6.45) is 19.0. The van der Waals surface area contributed by atoms with Gasteiger partial charge in [-0.1, -0.05) is 91.0 Å². The maximum absolute atomic E-state index is 4.88. The van der Waals surface area contributed by atoms with Gasteiger partial charge in [0.25, 0.3) is 0 Å². The molecule has 0 unspecified atom stereocenters. The van der Waals surface area contributed by atoms with Crippen LogP contribution in [0.1, 0.15) is 0 Å². The van der Waals surface area contributed by atoms with Crippen LogP contribution in [0.15, 0.2) is 273 Å². The van der Waals surface area contributed by atoms with Gasteiger partial charge in [-0.3, -0.25) is 24.5 Å². The Morgan fingerprint density at radius 2 is 0.914 bits per heavy atom. The van der Waals surface area contributed by atoms with Crippen LogP contribution in [0.25, 0.3) is 128 Å². The van der Waals surface area contributed by atoms with Crippen LogP contribution in [0.5, 0.6) is 0 Å². The smallest absolute Gasteiger partial charge is 0.146 e. The van der Waals surface area contributed by atoms with Crippen LogP contribution < -0.4 is 0 Å². The monoisotopic (exact) mass is 1110 g/mol. The summed E-state index contributed by atoms with van der Waals surface area (Å²) in [5.74, 6) is 0.831. The number of benzene rings is 4. The van der Waals surface area contributed by atoms with Gasteiger partial charge in [0.15, 0.2) is 0 Å². The Labute approximate surface area is 472 Å². The van der Waals surface area contributed by atoms with Gasteiger partial charge in [0.05, 0.1) is 63.1 Å². The van der Waals surface area contributed by atoms with Crippen molar-refractivity contribution in [3.05, 3.63) is 273 Å². The molecule has 0 saturated heterocycles. The maximum Gasteiger partial charge on any atom is 0.146 e. The summed E-state index contributed by atoms with van der Waals surface area (Å²) in [7, 11) is 0. The molecule has 0 fully saturated rings. The summed E-state index contributed by atoms with van der Waals surface area (Å²) >= 11 is 3.31. The van der Waals surface area contributed by atoms with Crippen molar-refractivity contribution in [2.75, 3.05) is 0 Å². The third kappa shape index (κ3) is 9.32. The van der Waals surface area contributed by atoms with E-state index in [2.05, 4.69) is 169 Å². The molecule has 0 saturated carbocycles. The number of fused-ring (bicyclic) bond motifs is 10. The van der Waals surface area contributed by atoms with E-state index in [-0.39, 0.29) is 0 Å². The summed E-state index contributed by atoms with van der Waals surface area (Å²) in [5, 5.41) is 6.85. The molecular weight excluding hydrogens is 1060 g/mol. The summed E-state index contributed by atoms with van der Waals surface area (Å²) in [6, 6.07) is 69.7. The van der Waals surface area contributed by atoms with Gasteiger partial charge >= 0.3 is 0 Å². The minimum Gasteiger partial charge on any atom is -0.339 e. The molecule has 0 amide bonds. The van der Waals surface area contributed by atoms with Gasteiger partial charge < -0.3 is 14.1 Å². The molecule has 0 aliphatic heterocycles. The first-order valence-electron chi connectivity index (χ1n) is 26.3. The second-order valence-electron chi connectivity index (χ2n) is 19.2. The fourth-order valence-corrected chi connectivity index (χ4v) is 10.8. The zero-order valence-electron chi connectivity index (χ0n) is 43.2. The highest BCUT2D eigenvalue weighted by Crippen LogP contribution is 2.38. The second-order valence-corrected chi connectivity index (χ2v) is 20.0. The summed E-state index contributed by atoms with van der Waals surface area (Å²) in [5.41, 5.74) is 16.2. The van der Waals surface area contributed by atoms with Crippen molar-refractivity contribution < 1.29 is 0 Å². The Morgan fingerprint density at radius 1 is 0.358 bits per heavy atom. The number of aromatic nitrogens is 12. The Balaban J connectivity index is 0.000000124. The quantitative estimate of drug-likeness (QED) is 0.156. The van der Waals surface area contributed by atoms with Crippen LogP contribution in [-0.4, -0.2) is 58.6 Å². The van der Waals surface area contributed by atoms with E-state index < -0.39 is 0 Å². The maximum atomic E-state index is 4.88. The number of H-pyrrole nitrogens is 1. The number of hydrogen-bond donors (Lipinski definition) is 1. The van der Waals surface area contributed by atoms with E-state index in [9.17, 15) is 0 Å². The van der Waals surface area contributed by atoms with Gasteiger partial charge in [-0.15, -0.1) is 0 Å².